The van der Waals surface area contributed by atoms with Crippen LogP contribution in [0.4, 0.5) is 0 Å². The summed E-state index contributed by atoms with van der Waals surface area (Å²) in [5.74, 6) is 0.405. The van der Waals surface area contributed by atoms with Crippen LogP contribution in [0.3, 0.4) is 0 Å². The van der Waals surface area contributed by atoms with Gasteiger partial charge in [-0.2, -0.15) is 0 Å². The highest BCUT2D eigenvalue weighted by Gasteiger charge is 1.84. The van der Waals surface area contributed by atoms with Gasteiger partial charge in [-0.25, -0.2) is 0 Å². The first-order chi connectivity index (χ1) is 2.77. The van der Waals surface area contributed by atoms with E-state index in [4.69, 9.17) is 5.41 Å². The van der Waals surface area contributed by atoms with E-state index in [1.54, 1.807) is 0 Å². The molecule has 0 aliphatic carbocycles. The molecule has 6 heavy (non-hydrogen) atoms. The highest BCUT2D eigenvalue weighted by molar-refractivity contribution is 5.53. The Morgan fingerprint density at radius 2 is 2.50 bits per heavy atom. The van der Waals surface area contributed by atoms with E-state index < -0.39 is 0 Å². The van der Waals surface area contributed by atoms with E-state index in [0.717, 1.165) is 6.42 Å². The van der Waals surface area contributed by atoms with Crippen LogP contribution in [-0.4, -0.2) is 6.21 Å². The van der Waals surface area contributed by atoms with Crippen LogP contribution in [0.15, 0.2) is 0 Å². The molecule has 1 nitrogen and oxygen atoms in total. The van der Waals surface area contributed by atoms with Crippen molar-refractivity contribution in [1.29, 1.82) is 5.41 Å². The molecule has 0 bridgehead atoms. The second kappa shape index (κ2) is 2.88. The molecular formula is C5H10N. The van der Waals surface area contributed by atoms with Crippen LogP contribution in [0.5, 0.6) is 0 Å². The van der Waals surface area contributed by atoms with Crippen molar-refractivity contribution in [2.45, 2.75) is 13.3 Å². The average Bonchev–Trinajstić information content (AvgIpc) is 1.35. The average molecular weight is 84.1 g/mol. The van der Waals surface area contributed by atoms with Gasteiger partial charge in [0.25, 0.3) is 0 Å². The first-order valence-corrected chi connectivity index (χ1v) is 2.09. The molecule has 0 aromatic rings. The maximum absolute atomic E-state index is 6.57. The summed E-state index contributed by atoms with van der Waals surface area (Å²) in [5, 5.41) is 6.57. The zero-order chi connectivity index (χ0) is 4.99. The van der Waals surface area contributed by atoms with Gasteiger partial charge in [-0.1, -0.05) is 13.8 Å². The van der Waals surface area contributed by atoms with Crippen LogP contribution in [0.2, 0.25) is 0 Å². The Morgan fingerprint density at radius 3 is 2.50 bits per heavy atom. The predicted octanol–water partition coefficient (Wildman–Crippen LogP) is 1.50. The molecule has 0 rings (SSSR count). The first-order valence-electron chi connectivity index (χ1n) is 2.09. The highest BCUT2D eigenvalue weighted by Crippen LogP contribution is 1.92. The van der Waals surface area contributed by atoms with E-state index in [1.165, 1.54) is 6.21 Å². The molecule has 0 spiro atoms. The Kier molecular flexibility index (Phi) is 2.73. The molecule has 0 heterocycles. The fourth-order valence-corrected chi connectivity index (χ4v) is 0.201. The largest absolute Gasteiger partial charge is 0.313 e. The molecule has 0 saturated carbocycles. The smallest absolute Gasteiger partial charge is 0.00451 e. The van der Waals surface area contributed by atoms with E-state index in [1.807, 2.05) is 6.92 Å². The summed E-state index contributed by atoms with van der Waals surface area (Å²) in [7, 11) is 0. The normalized spacial score (nSPS) is 9.17. The van der Waals surface area contributed by atoms with Crippen LogP contribution in [-0.2, 0) is 0 Å². The van der Waals surface area contributed by atoms with Gasteiger partial charge in [0.15, 0.2) is 0 Å². The second-order valence-electron chi connectivity index (χ2n) is 1.54. The maximum atomic E-state index is 6.57. The molecule has 0 aliphatic heterocycles. The van der Waals surface area contributed by atoms with Crippen LogP contribution in [0.25, 0.3) is 0 Å². The Bertz CT molecular complexity index is 39.2. The van der Waals surface area contributed by atoms with Crippen LogP contribution >= 0.6 is 0 Å². The van der Waals surface area contributed by atoms with E-state index in [9.17, 15) is 0 Å². The fraction of sp³-hybridized carbons (Fsp3) is 0.600. The molecule has 0 aliphatic rings. The summed E-state index contributed by atoms with van der Waals surface area (Å²) in [4.78, 5) is 0. The minimum Gasteiger partial charge on any atom is -0.313 e. The maximum Gasteiger partial charge on any atom is -0.00451 e. The molecule has 1 unspecified atom stereocenters. The zero-order valence-corrected chi connectivity index (χ0v) is 4.07. The minimum absolute atomic E-state index is 0.405. The van der Waals surface area contributed by atoms with Crippen LogP contribution in [0.1, 0.15) is 13.3 Å². The fourth-order valence-electron chi connectivity index (χ4n) is 0.201. The molecule has 1 radical (unpaired) electrons. The molecule has 0 amide bonds. The highest BCUT2D eigenvalue weighted by atomic mass is 14.3. The first kappa shape index (κ1) is 5.67. The third-order valence-electron chi connectivity index (χ3n) is 0.520. The van der Waals surface area contributed by atoms with Crippen molar-refractivity contribution in [1.82, 2.24) is 0 Å². The lowest BCUT2D eigenvalue weighted by atomic mass is 10.2. The van der Waals surface area contributed by atoms with E-state index in [2.05, 4.69) is 6.92 Å². The number of hydrogen-bond acceptors (Lipinski definition) is 1. The summed E-state index contributed by atoms with van der Waals surface area (Å²) in [6, 6.07) is 0. The quantitative estimate of drug-likeness (QED) is 0.490. The standard InChI is InChI=1S/C5H10N/c1-5(2)3-4-6/h4-6H,1,3H2,2H3. The number of rotatable bonds is 2. The van der Waals surface area contributed by atoms with Crippen LogP contribution < -0.4 is 0 Å². The Hall–Kier alpha value is -0.330. The summed E-state index contributed by atoms with van der Waals surface area (Å²) in [6.07, 6.45) is 2.19. The Morgan fingerprint density at radius 1 is 2.00 bits per heavy atom. The molecular weight excluding hydrogens is 74.1 g/mol. The van der Waals surface area contributed by atoms with Gasteiger partial charge in [-0.3, -0.25) is 0 Å². The van der Waals surface area contributed by atoms with Gasteiger partial charge in [0, 0.05) is 0 Å². The van der Waals surface area contributed by atoms with Gasteiger partial charge in [0.1, 0.15) is 0 Å². The Labute approximate surface area is 38.9 Å². The van der Waals surface area contributed by atoms with Gasteiger partial charge in [0.05, 0.1) is 0 Å². The zero-order valence-electron chi connectivity index (χ0n) is 4.07. The second-order valence-corrected chi connectivity index (χ2v) is 1.54. The molecule has 0 aromatic heterocycles. The molecule has 0 saturated heterocycles. The summed E-state index contributed by atoms with van der Waals surface area (Å²) < 4.78 is 0. The topological polar surface area (TPSA) is 23.9 Å². The monoisotopic (exact) mass is 84.1 g/mol. The SMILES string of the molecule is [CH2]C(C)CC=N. The Balaban J connectivity index is 2.81. The molecule has 35 valence electrons. The third-order valence-corrected chi connectivity index (χ3v) is 0.520. The van der Waals surface area contributed by atoms with Crippen molar-refractivity contribution >= 4 is 6.21 Å². The van der Waals surface area contributed by atoms with Crippen molar-refractivity contribution < 1.29 is 0 Å². The van der Waals surface area contributed by atoms with Crippen molar-refractivity contribution in [2.24, 2.45) is 5.92 Å². The lowest BCUT2D eigenvalue weighted by Gasteiger charge is -1.91. The summed E-state index contributed by atoms with van der Waals surface area (Å²) in [5.41, 5.74) is 0. The van der Waals surface area contributed by atoms with Gasteiger partial charge in [0.2, 0.25) is 0 Å². The number of hydrogen-bond donors (Lipinski definition) is 1. The van der Waals surface area contributed by atoms with E-state index >= 15 is 0 Å². The van der Waals surface area contributed by atoms with Crippen molar-refractivity contribution in [3.8, 4) is 0 Å². The number of nitrogens with one attached hydrogen (secondary N) is 1. The predicted molar refractivity (Wildman–Crippen MR) is 27.9 cm³/mol. The third kappa shape index (κ3) is 3.67. The summed E-state index contributed by atoms with van der Waals surface area (Å²) >= 11 is 0. The molecule has 1 N–H and O–H groups in total. The van der Waals surface area contributed by atoms with E-state index in [0.29, 0.717) is 5.92 Å². The summed E-state index contributed by atoms with van der Waals surface area (Å²) in [6.45, 7) is 5.67. The van der Waals surface area contributed by atoms with Crippen molar-refractivity contribution in [3.05, 3.63) is 6.92 Å². The lowest BCUT2D eigenvalue weighted by Crippen LogP contribution is -1.84. The van der Waals surface area contributed by atoms with E-state index in [-0.39, 0.29) is 0 Å². The van der Waals surface area contributed by atoms with Gasteiger partial charge in [-0.15, -0.1) is 0 Å². The van der Waals surface area contributed by atoms with Crippen LogP contribution in [0, 0.1) is 18.3 Å². The lowest BCUT2D eigenvalue weighted by molar-refractivity contribution is 0.770. The van der Waals surface area contributed by atoms with Gasteiger partial charge >= 0.3 is 0 Å². The molecule has 0 aromatic carbocycles. The van der Waals surface area contributed by atoms with Crippen molar-refractivity contribution in [2.75, 3.05) is 0 Å². The minimum atomic E-state index is 0.405. The van der Waals surface area contributed by atoms with Gasteiger partial charge < -0.3 is 5.41 Å². The van der Waals surface area contributed by atoms with Gasteiger partial charge in [-0.05, 0) is 18.6 Å². The molecule has 1 heteroatoms. The van der Waals surface area contributed by atoms with Crippen molar-refractivity contribution in [3.63, 3.8) is 0 Å². The molecule has 1 atom stereocenters. The molecule has 0 fully saturated rings.